The Hall–Kier alpha value is -1.86. The number of pyridine rings is 1. The number of likely N-dealkylation sites (N-methyl/N-ethyl adjacent to an activating group) is 2. The molecule has 0 aromatic carbocycles. The number of aliphatic imine (C=N–C) groups is 1. The predicted octanol–water partition coefficient (Wildman–Crippen LogP) is 1.11. The molecule has 3 rings (SSSR count). The van der Waals surface area contributed by atoms with E-state index in [1.807, 2.05) is 6.20 Å². The Morgan fingerprint density at radius 2 is 2.00 bits per heavy atom. The highest BCUT2D eigenvalue weighted by Gasteiger charge is 2.22. The van der Waals surface area contributed by atoms with Gasteiger partial charge in [-0.05, 0) is 44.1 Å². The number of nitrogens with two attached hydrogens (primary N) is 1. The van der Waals surface area contributed by atoms with Crippen LogP contribution in [-0.4, -0.2) is 79.1 Å². The average molecular weight is 374 g/mol. The first-order chi connectivity index (χ1) is 13.2. The molecule has 0 amide bonds. The van der Waals surface area contributed by atoms with E-state index in [1.54, 1.807) is 0 Å². The van der Waals surface area contributed by atoms with Crippen LogP contribution in [0.15, 0.2) is 23.3 Å². The van der Waals surface area contributed by atoms with E-state index in [-0.39, 0.29) is 0 Å². The molecule has 1 atom stereocenters. The quantitative estimate of drug-likeness (QED) is 0.551. The number of nitrogens with one attached hydrogen (secondary N) is 1. The Morgan fingerprint density at radius 3 is 2.67 bits per heavy atom. The van der Waals surface area contributed by atoms with E-state index in [1.165, 1.54) is 19.4 Å². The Balaban J connectivity index is 1.44. The Bertz CT molecular complexity index is 593. The van der Waals surface area contributed by atoms with Crippen LogP contribution in [0.3, 0.4) is 0 Å². The second-order valence-electron chi connectivity index (χ2n) is 7.45. The summed E-state index contributed by atoms with van der Waals surface area (Å²) in [6.45, 7) is 13.6. The maximum Gasteiger partial charge on any atom is 0.188 e. The smallest absolute Gasteiger partial charge is 0.188 e. The fourth-order valence-electron chi connectivity index (χ4n) is 3.99. The van der Waals surface area contributed by atoms with Gasteiger partial charge in [0.2, 0.25) is 0 Å². The standard InChI is InChI=1S/C20H35N7/c1-3-25-10-12-27(13-11-25)19-8-7-17(14-22-19)15-23-20(21)24-16-18-6-5-9-26(18)4-2/h7-8,14,18H,3-6,9-13,15-16H2,1-2H3,(H3,21,23,24). The lowest BCUT2D eigenvalue weighted by Gasteiger charge is -2.34. The van der Waals surface area contributed by atoms with Crippen LogP contribution in [0.25, 0.3) is 0 Å². The highest BCUT2D eigenvalue weighted by Crippen LogP contribution is 2.16. The number of rotatable bonds is 7. The lowest BCUT2D eigenvalue weighted by Crippen LogP contribution is -2.46. The van der Waals surface area contributed by atoms with Gasteiger partial charge in [-0.15, -0.1) is 0 Å². The predicted molar refractivity (Wildman–Crippen MR) is 112 cm³/mol. The summed E-state index contributed by atoms with van der Waals surface area (Å²) < 4.78 is 0. The highest BCUT2D eigenvalue weighted by atomic mass is 15.3. The molecule has 2 aliphatic heterocycles. The van der Waals surface area contributed by atoms with Gasteiger partial charge in [0.1, 0.15) is 5.82 Å². The summed E-state index contributed by atoms with van der Waals surface area (Å²) >= 11 is 0. The van der Waals surface area contributed by atoms with Crippen molar-refractivity contribution in [2.45, 2.75) is 39.3 Å². The molecule has 3 heterocycles. The number of likely N-dealkylation sites (tertiary alicyclic amines) is 1. The molecule has 2 saturated heterocycles. The molecule has 1 aromatic heterocycles. The number of anilines is 1. The Morgan fingerprint density at radius 1 is 1.19 bits per heavy atom. The van der Waals surface area contributed by atoms with Crippen LogP contribution in [0.4, 0.5) is 5.82 Å². The lowest BCUT2D eigenvalue weighted by atomic mass is 10.2. The van der Waals surface area contributed by atoms with E-state index in [9.17, 15) is 0 Å². The molecule has 27 heavy (non-hydrogen) atoms. The van der Waals surface area contributed by atoms with Gasteiger partial charge < -0.3 is 20.9 Å². The van der Waals surface area contributed by atoms with Crippen LogP contribution in [-0.2, 0) is 6.54 Å². The van der Waals surface area contributed by atoms with Crippen molar-refractivity contribution in [2.75, 3.05) is 57.3 Å². The number of guanidine groups is 1. The first-order valence-corrected chi connectivity index (χ1v) is 10.4. The Kier molecular flexibility index (Phi) is 7.29. The normalized spacial score (nSPS) is 22.4. The monoisotopic (exact) mass is 373 g/mol. The summed E-state index contributed by atoms with van der Waals surface area (Å²) in [6.07, 6.45) is 4.45. The van der Waals surface area contributed by atoms with Gasteiger partial charge in [-0.2, -0.15) is 0 Å². The van der Waals surface area contributed by atoms with E-state index < -0.39 is 0 Å². The van der Waals surface area contributed by atoms with Crippen molar-refractivity contribution in [1.29, 1.82) is 0 Å². The molecule has 2 fully saturated rings. The molecule has 0 radical (unpaired) electrons. The summed E-state index contributed by atoms with van der Waals surface area (Å²) in [6, 6.07) is 4.80. The van der Waals surface area contributed by atoms with Crippen molar-refractivity contribution in [1.82, 2.24) is 20.1 Å². The molecular weight excluding hydrogens is 338 g/mol. The molecule has 1 aromatic rings. The SMILES string of the molecule is CCN1CCN(c2ccc(CN=C(N)NCC3CCCN3CC)cn2)CC1. The molecule has 7 heteroatoms. The first-order valence-electron chi connectivity index (χ1n) is 10.4. The van der Waals surface area contributed by atoms with Gasteiger partial charge in [0.25, 0.3) is 0 Å². The zero-order valence-electron chi connectivity index (χ0n) is 16.9. The summed E-state index contributed by atoms with van der Waals surface area (Å²) in [4.78, 5) is 16.4. The summed E-state index contributed by atoms with van der Waals surface area (Å²) in [5.74, 6) is 1.59. The fourth-order valence-corrected chi connectivity index (χ4v) is 3.99. The van der Waals surface area contributed by atoms with Gasteiger partial charge in [-0.25, -0.2) is 9.98 Å². The van der Waals surface area contributed by atoms with Crippen molar-refractivity contribution in [3.63, 3.8) is 0 Å². The number of hydrogen-bond donors (Lipinski definition) is 2. The molecule has 0 spiro atoms. The number of nitrogens with zero attached hydrogens (tertiary/aromatic N) is 5. The van der Waals surface area contributed by atoms with E-state index in [4.69, 9.17) is 5.73 Å². The largest absolute Gasteiger partial charge is 0.370 e. The zero-order valence-corrected chi connectivity index (χ0v) is 16.9. The molecule has 3 N–H and O–H groups in total. The molecule has 0 bridgehead atoms. The van der Waals surface area contributed by atoms with Crippen LogP contribution >= 0.6 is 0 Å². The van der Waals surface area contributed by atoms with Crippen LogP contribution in [0.2, 0.25) is 0 Å². The van der Waals surface area contributed by atoms with E-state index >= 15 is 0 Å². The topological polar surface area (TPSA) is 73.0 Å². The van der Waals surface area contributed by atoms with Crippen molar-refractivity contribution in [2.24, 2.45) is 10.7 Å². The Labute approximate surface area is 163 Å². The van der Waals surface area contributed by atoms with Gasteiger partial charge in [-0.3, -0.25) is 4.90 Å². The third-order valence-electron chi connectivity index (χ3n) is 5.81. The van der Waals surface area contributed by atoms with Crippen LogP contribution in [0.1, 0.15) is 32.3 Å². The second kappa shape index (κ2) is 9.90. The molecular formula is C20H35N7. The first kappa shape index (κ1) is 19.9. The third kappa shape index (κ3) is 5.56. The summed E-state index contributed by atoms with van der Waals surface area (Å²) in [7, 11) is 0. The van der Waals surface area contributed by atoms with Crippen molar-refractivity contribution < 1.29 is 0 Å². The molecule has 2 aliphatic rings. The minimum absolute atomic E-state index is 0.526. The maximum atomic E-state index is 6.05. The maximum absolute atomic E-state index is 6.05. The van der Waals surface area contributed by atoms with Gasteiger partial charge >= 0.3 is 0 Å². The van der Waals surface area contributed by atoms with E-state index in [0.29, 0.717) is 18.5 Å². The van der Waals surface area contributed by atoms with E-state index in [0.717, 1.165) is 57.2 Å². The number of piperazine rings is 1. The molecule has 1 unspecified atom stereocenters. The highest BCUT2D eigenvalue weighted by molar-refractivity contribution is 5.77. The second-order valence-corrected chi connectivity index (χ2v) is 7.45. The summed E-state index contributed by atoms with van der Waals surface area (Å²) in [5, 5.41) is 3.28. The summed E-state index contributed by atoms with van der Waals surface area (Å²) in [5.41, 5.74) is 7.14. The van der Waals surface area contributed by atoms with Crippen LogP contribution in [0.5, 0.6) is 0 Å². The third-order valence-corrected chi connectivity index (χ3v) is 5.81. The van der Waals surface area contributed by atoms with Crippen molar-refractivity contribution in [3.8, 4) is 0 Å². The van der Waals surface area contributed by atoms with Gasteiger partial charge in [0, 0.05) is 45.0 Å². The molecule has 150 valence electrons. The van der Waals surface area contributed by atoms with Crippen LogP contribution in [0, 0.1) is 0 Å². The minimum Gasteiger partial charge on any atom is -0.370 e. The molecule has 7 nitrogen and oxygen atoms in total. The van der Waals surface area contributed by atoms with Crippen molar-refractivity contribution in [3.05, 3.63) is 23.9 Å². The van der Waals surface area contributed by atoms with E-state index in [2.05, 4.69) is 56.0 Å². The zero-order chi connectivity index (χ0) is 19.1. The molecule has 0 saturated carbocycles. The number of hydrogen-bond acceptors (Lipinski definition) is 5. The van der Waals surface area contributed by atoms with Crippen molar-refractivity contribution >= 4 is 11.8 Å². The number of aromatic nitrogens is 1. The van der Waals surface area contributed by atoms with Gasteiger partial charge in [0.15, 0.2) is 5.96 Å². The van der Waals surface area contributed by atoms with Crippen LogP contribution < -0.4 is 16.0 Å². The minimum atomic E-state index is 0.526. The van der Waals surface area contributed by atoms with Gasteiger partial charge in [0.05, 0.1) is 6.54 Å². The lowest BCUT2D eigenvalue weighted by molar-refractivity contribution is 0.267. The fraction of sp³-hybridized carbons (Fsp3) is 0.700. The molecule has 0 aliphatic carbocycles. The van der Waals surface area contributed by atoms with Gasteiger partial charge in [-0.1, -0.05) is 19.9 Å². The average Bonchev–Trinajstić information content (AvgIpc) is 3.19.